The van der Waals surface area contributed by atoms with Gasteiger partial charge in [-0.05, 0) is 26.3 Å². The highest BCUT2D eigenvalue weighted by atomic mass is 16.5. The van der Waals surface area contributed by atoms with Crippen LogP contribution in [0.3, 0.4) is 0 Å². The van der Waals surface area contributed by atoms with E-state index in [0.29, 0.717) is 6.04 Å². The van der Waals surface area contributed by atoms with Gasteiger partial charge in [0.1, 0.15) is 11.6 Å². The van der Waals surface area contributed by atoms with Crippen LogP contribution in [0.1, 0.15) is 26.3 Å². The third-order valence-electron chi connectivity index (χ3n) is 2.01. The van der Waals surface area contributed by atoms with Gasteiger partial charge in [-0.15, -0.1) is 0 Å². The Morgan fingerprint density at radius 1 is 1.50 bits per heavy atom. The summed E-state index contributed by atoms with van der Waals surface area (Å²) in [6.45, 7) is 6.30. The molecule has 78 valence electrons. The number of hydrogen-bond acceptors (Lipinski definition) is 3. The zero-order valence-corrected chi connectivity index (χ0v) is 9.29. The maximum absolute atomic E-state index is 5.28. The lowest BCUT2D eigenvalue weighted by Gasteiger charge is -2.15. The molecule has 1 rings (SSSR count). The zero-order valence-electron chi connectivity index (χ0n) is 9.29. The Kier molecular flexibility index (Phi) is 3.74. The molecule has 0 aliphatic carbocycles. The predicted octanol–water partition coefficient (Wildman–Crippen LogP) is 2.47. The molecular weight excluding hydrogens is 176 g/mol. The summed E-state index contributed by atoms with van der Waals surface area (Å²) in [5.74, 6) is 1.84. The average Bonchev–Trinajstić information content (AvgIpc) is 2.16. The molecule has 0 aromatic carbocycles. The molecule has 14 heavy (non-hydrogen) atoms. The highest BCUT2D eigenvalue weighted by Crippen LogP contribution is 2.24. The average molecular weight is 194 g/mol. The van der Waals surface area contributed by atoms with Crippen molar-refractivity contribution in [3.05, 3.63) is 17.8 Å². The van der Waals surface area contributed by atoms with Gasteiger partial charge >= 0.3 is 0 Å². The monoisotopic (exact) mass is 194 g/mol. The standard InChI is InChI=1S/C11H18N2O/c1-5-9-10(14-4)6-7-12-11(9)13-8(2)3/h6-8H,5H2,1-4H3,(H,12,13). The van der Waals surface area contributed by atoms with Crippen molar-refractivity contribution in [2.75, 3.05) is 12.4 Å². The summed E-state index contributed by atoms with van der Waals surface area (Å²) >= 11 is 0. The first-order valence-corrected chi connectivity index (χ1v) is 4.97. The van der Waals surface area contributed by atoms with E-state index in [1.54, 1.807) is 13.3 Å². The molecule has 0 aliphatic rings. The second kappa shape index (κ2) is 4.84. The fraction of sp³-hybridized carbons (Fsp3) is 0.545. The summed E-state index contributed by atoms with van der Waals surface area (Å²) in [4.78, 5) is 4.31. The summed E-state index contributed by atoms with van der Waals surface area (Å²) in [5, 5.41) is 3.31. The largest absolute Gasteiger partial charge is 0.496 e. The molecule has 1 aromatic rings. The van der Waals surface area contributed by atoms with Crippen LogP contribution in [0.15, 0.2) is 12.3 Å². The third kappa shape index (κ3) is 2.37. The van der Waals surface area contributed by atoms with Crippen molar-refractivity contribution >= 4 is 5.82 Å². The van der Waals surface area contributed by atoms with Gasteiger partial charge in [-0.3, -0.25) is 0 Å². The smallest absolute Gasteiger partial charge is 0.133 e. The van der Waals surface area contributed by atoms with Crippen LogP contribution < -0.4 is 10.1 Å². The van der Waals surface area contributed by atoms with Gasteiger partial charge in [0.15, 0.2) is 0 Å². The van der Waals surface area contributed by atoms with Crippen LogP contribution in [0.5, 0.6) is 5.75 Å². The van der Waals surface area contributed by atoms with E-state index in [2.05, 4.69) is 31.1 Å². The highest BCUT2D eigenvalue weighted by molar-refractivity contribution is 5.52. The Labute approximate surface area is 85.5 Å². The Hall–Kier alpha value is -1.25. The lowest BCUT2D eigenvalue weighted by atomic mass is 10.1. The van der Waals surface area contributed by atoms with Gasteiger partial charge in [-0.1, -0.05) is 6.92 Å². The normalized spacial score (nSPS) is 10.4. The Bertz CT molecular complexity index is 297. The first-order valence-electron chi connectivity index (χ1n) is 4.97. The van der Waals surface area contributed by atoms with Gasteiger partial charge in [0.25, 0.3) is 0 Å². The Morgan fingerprint density at radius 2 is 2.21 bits per heavy atom. The van der Waals surface area contributed by atoms with Crippen LogP contribution in [0, 0.1) is 0 Å². The van der Waals surface area contributed by atoms with Crippen LogP contribution in [0.25, 0.3) is 0 Å². The number of methoxy groups -OCH3 is 1. The van der Waals surface area contributed by atoms with Crippen molar-refractivity contribution in [3.63, 3.8) is 0 Å². The maximum Gasteiger partial charge on any atom is 0.133 e. The number of pyridine rings is 1. The first-order chi connectivity index (χ1) is 6.69. The van der Waals surface area contributed by atoms with Gasteiger partial charge in [-0.25, -0.2) is 4.98 Å². The van der Waals surface area contributed by atoms with Crippen LogP contribution >= 0.6 is 0 Å². The third-order valence-corrected chi connectivity index (χ3v) is 2.01. The molecule has 0 fully saturated rings. The van der Waals surface area contributed by atoms with E-state index >= 15 is 0 Å². The van der Waals surface area contributed by atoms with Crippen molar-refractivity contribution in [2.45, 2.75) is 33.2 Å². The quantitative estimate of drug-likeness (QED) is 0.799. The molecule has 0 saturated carbocycles. The van der Waals surface area contributed by atoms with Crippen LogP contribution in [-0.4, -0.2) is 18.1 Å². The number of nitrogens with one attached hydrogen (secondary N) is 1. The molecule has 0 amide bonds. The topological polar surface area (TPSA) is 34.1 Å². The van der Waals surface area contributed by atoms with Gasteiger partial charge in [-0.2, -0.15) is 0 Å². The minimum atomic E-state index is 0.389. The summed E-state index contributed by atoms with van der Waals surface area (Å²) in [7, 11) is 1.69. The number of aromatic nitrogens is 1. The molecule has 1 heterocycles. The van der Waals surface area contributed by atoms with Crippen LogP contribution in [0.4, 0.5) is 5.82 Å². The number of rotatable bonds is 4. The van der Waals surface area contributed by atoms with Gasteiger partial charge in [0, 0.05) is 17.8 Å². The molecule has 0 aliphatic heterocycles. The molecule has 1 aromatic heterocycles. The predicted molar refractivity (Wildman–Crippen MR) is 58.9 cm³/mol. The lowest BCUT2D eigenvalue weighted by molar-refractivity contribution is 0.409. The van der Waals surface area contributed by atoms with Gasteiger partial charge in [0.05, 0.1) is 7.11 Å². The fourth-order valence-corrected chi connectivity index (χ4v) is 1.41. The van der Waals surface area contributed by atoms with E-state index in [1.165, 1.54) is 0 Å². The lowest BCUT2D eigenvalue weighted by Crippen LogP contribution is -2.13. The number of anilines is 1. The summed E-state index contributed by atoms with van der Waals surface area (Å²) in [5.41, 5.74) is 1.14. The first kappa shape index (κ1) is 10.8. The van der Waals surface area contributed by atoms with Crippen molar-refractivity contribution in [2.24, 2.45) is 0 Å². The van der Waals surface area contributed by atoms with Gasteiger partial charge in [0.2, 0.25) is 0 Å². The van der Waals surface area contributed by atoms with E-state index in [4.69, 9.17) is 4.74 Å². The van der Waals surface area contributed by atoms with Crippen molar-refractivity contribution in [1.29, 1.82) is 0 Å². The van der Waals surface area contributed by atoms with Gasteiger partial charge < -0.3 is 10.1 Å². The van der Waals surface area contributed by atoms with E-state index in [9.17, 15) is 0 Å². The van der Waals surface area contributed by atoms with Crippen molar-refractivity contribution < 1.29 is 4.74 Å². The zero-order chi connectivity index (χ0) is 10.6. The summed E-state index contributed by atoms with van der Waals surface area (Å²) in [6.07, 6.45) is 2.69. The second-order valence-electron chi connectivity index (χ2n) is 3.49. The molecule has 3 heteroatoms. The molecule has 1 N–H and O–H groups in total. The Morgan fingerprint density at radius 3 is 2.71 bits per heavy atom. The molecular formula is C11H18N2O. The maximum atomic E-state index is 5.28. The molecule has 3 nitrogen and oxygen atoms in total. The van der Waals surface area contributed by atoms with Crippen molar-refractivity contribution in [1.82, 2.24) is 4.98 Å². The minimum absolute atomic E-state index is 0.389. The number of ether oxygens (including phenoxy) is 1. The minimum Gasteiger partial charge on any atom is -0.496 e. The van der Waals surface area contributed by atoms with E-state index in [-0.39, 0.29) is 0 Å². The summed E-state index contributed by atoms with van der Waals surface area (Å²) in [6, 6.07) is 2.28. The Balaban J connectivity index is 3.02. The molecule has 0 radical (unpaired) electrons. The van der Waals surface area contributed by atoms with E-state index < -0.39 is 0 Å². The number of hydrogen-bond donors (Lipinski definition) is 1. The summed E-state index contributed by atoms with van der Waals surface area (Å²) < 4.78 is 5.28. The SMILES string of the molecule is CCc1c(OC)ccnc1NC(C)C. The van der Waals surface area contributed by atoms with Crippen molar-refractivity contribution in [3.8, 4) is 5.75 Å². The van der Waals surface area contributed by atoms with E-state index in [0.717, 1.165) is 23.6 Å². The molecule has 0 unspecified atom stereocenters. The fourth-order valence-electron chi connectivity index (χ4n) is 1.41. The molecule has 0 atom stereocenters. The molecule has 0 spiro atoms. The molecule has 0 bridgehead atoms. The van der Waals surface area contributed by atoms with Crippen LogP contribution in [0.2, 0.25) is 0 Å². The number of nitrogens with zero attached hydrogens (tertiary/aromatic N) is 1. The van der Waals surface area contributed by atoms with E-state index in [1.807, 2.05) is 6.07 Å². The molecule has 0 saturated heterocycles. The second-order valence-corrected chi connectivity index (χ2v) is 3.49. The van der Waals surface area contributed by atoms with Crippen LogP contribution in [-0.2, 0) is 6.42 Å². The highest BCUT2D eigenvalue weighted by Gasteiger charge is 2.08.